The minimum atomic E-state index is -0.984. The van der Waals surface area contributed by atoms with Crippen molar-refractivity contribution in [3.05, 3.63) is 144 Å². The summed E-state index contributed by atoms with van der Waals surface area (Å²) < 4.78 is 9.56. The molecule has 5 aromatic rings. The highest BCUT2D eigenvalue weighted by molar-refractivity contribution is 7.07. The average Bonchev–Trinajstić information content (AvgIpc) is 3.49. The fourth-order valence-electron chi connectivity index (χ4n) is 5.68. The largest absolute Gasteiger partial charge is 0.497 e. The van der Waals surface area contributed by atoms with Gasteiger partial charge in [-0.25, -0.2) is 9.79 Å². The van der Waals surface area contributed by atoms with Crippen molar-refractivity contribution in [1.82, 2.24) is 9.13 Å². The summed E-state index contributed by atoms with van der Waals surface area (Å²) in [5.74, 6) is -0.723. The van der Waals surface area contributed by atoms with Crippen molar-refractivity contribution >= 4 is 35.0 Å². The standard InChI is InChI=1S/C35H30N4O5S/c1-20-17-25(22(3)38(20)27-15-13-23(14-16-27)34(42)43)19-29-33(41)39-31(24-9-8-12-28(18-24)44-4)30(21(2)36-35(39)45-29)32(40)37-26-10-6-5-7-11-26/h5-19,31H,1-4H3,(H,37,40)(H,42,43)/b29-19-/t31-/m1/s1. The van der Waals surface area contributed by atoms with Gasteiger partial charge in [-0.2, -0.15) is 0 Å². The van der Waals surface area contributed by atoms with Crippen LogP contribution in [0.25, 0.3) is 11.8 Å². The van der Waals surface area contributed by atoms with Crippen LogP contribution in [0.1, 0.15) is 45.8 Å². The average molecular weight is 619 g/mol. The summed E-state index contributed by atoms with van der Waals surface area (Å²) in [5, 5.41) is 12.3. The lowest BCUT2D eigenvalue weighted by Crippen LogP contribution is -2.40. The first-order valence-corrected chi connectivity index (χ1v) is 15.0. The first-order valence-electron chi connectivity index (χ1n) is 14.2. The number of fused-ring (bicyclic) bond motifs is 1. The Hall–Kier alpha value is -5.48. The van der Waals surface area contributed by atoms with E-state index in [9.17, 15) is 19.5 Å². The lowest BCUT2D eigenvalue weighted by atomic mass is 9.95. The molecule has 2 aromatic heterocycles. The summed E-state index contributed by atoms with van der Waals surface area (Å²) in [5.41, 5.74) is 5.68. The highest BCUT2D eigenvalue weighted by atomic mass is 32.1. The number of hydrogen-bond donors (Lipinski definition) is 2. The molecule has 2 N–H and O–H groups in total. The smallest absolute Gasteiger partial charge is 0.335 e. The zero-order chi connectivity index (χ0) is 31.8. The number of benzene rings is 3. The Morgan fingerprint density at radius 1 is 0.978 bits per heavy atom. The Bertz CT molecular complexity index is 2170. The van der Waals surface area contributed by atoms with E-state index in [0.29, 0.717) is 32.0 Å². The predicted molar refractivity (Wildman–Crippen MR) is 174 cm³/mol. The van der Waals surface area contributed by atoms with Gasteiger partial charge in [0.25, 0.3) is 11.5 Å². The molecule has 0 aliphatic carbocycles. The molecule has 9 nitrogen and oxygen atoms in total. The number of methoxy groups -OCH3 is 1. The summed E-state index contributed by atoms with van der Waals surface area (Å²) in [6.45, 7) is 5.70. The van der Waals surface area contributed by atoms with Crippen molar-refractivity contribution in [1.29, 1.82) is 0 Å². The van der Waals surface area contributed by atoms with Crippen LogP contribution in [-0.4, -0.2) is 33.2 Å². The Kier molecular flexibility index (Phi) is 7.82. The molecular weight excluding hydrogens is 588 g/mol. The quantitative estimate of drug-likeness (QED) is 0.267. The Balaban J connectivity index is 1.48. The fraction of sp³-hybridized carbons (Fsp3) is 0.143. The number of rotatable bonds is 7. The molecule has 0 unspecified atom stereocenters. The molecule has 1 aliphatic heterocycles. The molecule has 0 radical (unpaired) electrons. The lowest BCUT2D eigenvalue weighted by molar-refractivity contribution is -0.113. The van der Waals surface area contributed by atoms with Gasteiger partial charge < -0.3 is 19.7 Å². The maximum Gasteiger partial charge on any atom is 0.335 e. The topological polar surface area (TPSA) is 115 Å². The van der Waals surface area contributed by atoms with Gasteiger partial charge in [-0.1, -0.05) is 41.7 Å². The van der Waals surface area contributed by atoms with Crippen molar-refractivity contribution < 1.29 is 19.4 Å². The van der Waals surface area contributed by atoms with Crippen LogP contribution in [0.2, 0.25) is 0 Å². The van der Waals surface area contributed by atoms with Gasteiger partial charge in [-0.05, 0) is 92.6 Å². The highest BCUT2D eigenvalue weighted by Crippen LogP contribution is 2.32. The molecule has 45 heavy (non-hydrogen) atoms. The third-order valence-corrected chi connectivity index (χ3v) is 8.82. The van der Waals surface area contributed by atoms with E-state index in [0.717, 1.165) is 28.2 Å². The number of thiazole rings is 1. The second kappa shape index (κ2) is 11.9. The molecule has 1 aliphatic rings. The van der Waals surface area contributed by atoms with E-state index in [2.05, 4.69) is 5.32 Å². The first kappa shape index (κ1) is 29.6. The molecule has 0 saturated carbocycles. The summed E-state index contributed by atoms with van der Waals surface area (Å²) in [7, 11) is 1.58. The number of anilines is 1. The van der Waals surface area contributed by atoms with Gasteiger partial charge in [0, 0.05) is 22.8 Å². The highest BCUT2D eigenvalue weighted by Gasteiger charge is 2.33. The van der Waals surface area contributed by atoms with Crippen LogP contribution in [0.15, 0.2) is 106 Å². The van der Waals surface area contributed by atoms with Crippen LogP contribution in [0.5, 0.6) is 5.75 Å². The molecule has 1 amide bonds. The number of aromatic nitrogens is 2. The molecule has 0 spiro atoms. The SMILES string of the molecule is COc1cccc([C@@H]2C(C(=O)Nc3ccccc3)=C(C)N=c3s/c(=C\c4cc(C)n(-c5ccc(C(=O)O)cc5)c4C)c(=O)n32)c1. The number of nitrogens with one attached hydrogen (secondary N) is 1. The van der Waals surface area contributed by atoms with Crippen LogP contribution < -0.4 is 24.9 Å². The molecule has 3 heterocycles. The van der Waals surface area contributed by atoms with Gasteiger partial charge in [0.05, 0.1) is 34.5 Å². The fourth-order valence-corrected chi connectivity index (χ4v) is 6.72. The molecular formula is C35H30N4O5S. The molecule has 10 heteroatoms. The minimum absolute atomic E-state index is 0.209. The molecule has 0 saturated heterocycles. The maximum absolute atomic E-state index is 14.2. The maximum atomic E-state index is 14.2. The van der Waals surface area contributed by atoms with Crippen molar-refractivity contribution in [3.8, 4) is 11.4 Å². The Labute approximate surface area is 262 Å². The number of carbonyl (C=O) groups is 2. The number of carboxylic acids is 1. The third-order valence-electron chi connectivity index (χ3n) is 7.84. The number of ether oxygens (including phenoxy) is 1. The normalized spacial score (nSPS) is 14.6. The van der Waals surface area contributed by atoms with E-state index in [-0.39, 0.29) is 17.0 Å². The van der Waals surface area contributed by atoms with Gasteiger partial charge in [-0.15, -0.1) is 0 Å². The molecule has 3 aromatic carbocycles. The summed E-state index contributed by atoms with van der Waals surface area (Å²) in [6.07, 6.45) is 1.85. The second-order valence-corrected chi connectivity index (χ2v) is 11.7. The van der Waals surface area contributed by atoms with Crippen molar-refractivity contribution in [3.63, 3.8) is 0 Å². The number of aryl methyl sites for hydroxylation is 1. The van der Waals surface area contributed by atoms with E-state index < -0.39 is 12.0 Å². The zero-order valence-corrected chi connectivity index (χ0v) is 25.9. The number of aromatic carboxylic acids is 1. The van der Waals surface area contributed by atoms with E-state index >= 15 is 0 Å². The van der Waals surface area contributed by atoms with Crippen molar-refractivity contribution in [2.24, 2.45) is 4.99 Å². The van der Waals surface area contributed by atoms with E-state index in [1.54, 1.807) is 55.0 Å². The summed E-state index contributed by atoms with van der Waals surface area (Å²) in [6, 6.07) is 24.5. The van der Waals surface area contributed by atoms with Gasteiger partial charge in [0.2, 0.25) is 0 Å². The molecule has 6 rings (SSSR count). The van der Waals surface area contributed by atoms with Crippen molar-refractivity contribution in [2.45, 2.75) is 26.8 Å². The van der Waals surface area contributed by atoms with Crippen LogP contribution in [0.3, 0.4) is 0 Å². The Morgan fingerprint density at radius 2 is 1.71 bits per heavy atom. The Morgan fingerprint density at radius 3 is 2.40 bits per heavy atom. The van der Waals surface area contributed by atoms with Crippen LogP contribution >= 0.6 is 11.3 Å². The minimum Gasteiger partial charge on any atom is -0.497 e. The van der Waals surface area contributed by atoms with Crippen LogP contribution in [0, 0.1) is 13.8 Å². The first-order chi connectivity index (χ1) is 21.7. The van der Waals surface area contributed by atoms with Crippen LogP contribution in [-0.2, 0) is 4.79 Å². The van der Waals surface area contributed by atoms with Gasteiger partial charge >= 0.3 is 5.97 Å². The van der Waals surface area contributed by atoms with E-state index in [1.807, 2.05) is 73.0 Å². The molecule has 1 atom stereocenters. The number of allylic oxidation sites excluding steroid dienone is 1. The van der Waals surface area contributed by atoms with E-state index in [1.165, 1.54) is 11.3 Å². The summed E-state index contributed by atoms with van der Waals surface area (Å²) in [4.78, 5) is 44.6. The second-order valence-electron chi connectivity index (χ2n) is 10.7. The number of hydrogen-bond acceptors (Lipinski definition) is 6. The third kappa shape index (κ3) is 5.51. The lowest BCUT2D eigenvalue weighted by Gasteiger charge is -2.25. The molecule has 226 valence electrons. The predicted octanol–water partition coefficient (Wildman–Crippen LogP) is 4.99. The monoisotopic (exact) mass is 618 g/mol. The van der Waals surface area contributed by atoms with Gasteiger partial charge in [0.1, 0.15) is 5.75 Å². The number of nitrogens with zero attached hydrogens (tertiary/aromatic N) is 3. The van der Waals surface area contributed by atoms with Crippen LogP contribution in [0.4, 0.5) is 5.69 Å². The zero-order valence-electron chi connectivity index (χ0n) is 25.1. The number of carbonyl (C=O) groups excluding carboxylic acids is 1. The van der Waals surface area contributed by atoms with E-state index in [4.69, 9.17) is 9.73 Å². The summed E-state index contributed by atoms with van der Waals surface area (Å²) >= 11 is 1.27. The van der Waals surface area contributed by atoms with Gasteiger partial charge in [0.15, 0.2) is 4.80 Å². The number of amides is 1. The number of para-hydroxylation sites is 1. The molecule has 0 bridgehead atoms. The van der Waals surface area contributed by atoms with Crippen molar-refractivity contribution in [2.75, 3.05) is 12.4 Å². The molecule has 0 fully saturated rings. The number of carboxylic acid groups (broad SMARTS) is 1. The van der Waals surface area contributed by atoms with Gasteiger partial charge in [-0.3, -0.25) is 14.2 Å².